The van der Waals surface area contributed by atoms with Crippen molar-refractivity contribution in [1.29, 1.82) is 0 Å². The average molecular weight is 250 g/mol. The Balaban J connectivity index is 2.03. The van der Waals surface area contributed by atoms with E-state index in [4.69, 9.17) is 5.11 Å². The maximum atomic E-state index is 11.9. The highest BCUT2D eigenvalue weighted by atomic mass is 16.4. The third kappa shape index (κ3) is 2.88. The molecule has 2 rings (SSSR count). The smallest absolute Gasteiger partial charge is 0.322 e. The van der Waals surface area contributed by atoms with Crippen LogP contribution in [0.2, 0.25) is 0 Å². The van der Waals surface area contributed by atoms with Crippen molar-refractivity contribution in [2.75, 3.05) is 26.2 Å². The van der Waals surface area contributed by atoms with Gasteiger partial charge in [0.25, 0.3) is 0 Å². The number of aliphatic carboxylic acids is 1. The van der Waals surface area contributed by atoms with Crippen molar-refractivity contribution in [3.63, 3.8) is 0 Å². The van der Waals surface area contributed by atoms with E-state index in [2.05, 4.69) is 15.3 Å². The topological polar surface area (TPSA) is 95.4 Å². The lowest BCUT2D eigenvalue weighted by molar-refractivity contribution is -0.143. The van der Waals surface area contributed by atoms with Gasteiger partial charge >= 0.3 is 5.97 Å². The zero-order valence-electron chi connectivity index (χ0n) is 9.74. The van der Waals surface area contributed by atoms with Crippen LogP contribution in [0.4, 0.5) is 0 Å². The molecule has 1 unspecified atom stereocenters. The molecule has 0 bridgehead atoms. The highest BCUT2D eigenvalue weighted by molar-refractivity contribution is 5.95. The van der Waals surface area contributed by atoms with Gasteiger partial charge in [-0.1, -0.05) is 0 Å². The molecule has 0 amide bonds. The summed E-state index contributed by atoms with van der Waals surface area (Å²) in [6.07, 6.45) is 4.32. The van der Waals surface area contributed by atoms with Gasteiger partial charge in [-0.05, 0) is 0 Å². The molecule has 0 spiro atoms. The van der Waals surface area contributed by atoms with Crippen LogP contribution in [0.25, 0.3) is 0 Å². The Labute approximate surface area is 104 Å². The maximum Gasteiger partial charge on any atom is 0.322 e. The van der Waals surface area contributed by atoms with Gasteiger partial charge in [0, 0.05) is 32.0 Å². The van der Waals surface area contributed by atoms with E-state index in [1.165, 1.54) is 18.6 Å². The SMILES string of the molecule is O=C(CN1CCNCC1C(=O)O)c1cnccn1. The molecule has 1 aliphatic rings. The lowest BCUT2D eigenvalue weighted by atomic mass is 10.1. The Morgan fingerprint density at radius 2 is 2.33 bits per heavy atom. The first kappa shape index (κ1) is 12.6. The quantitative estimate of drug-likeness (QED) is 0.663. The molecular weight excluding hydrogens is 236 g/mol. The molecule has 1 aliphatic heterocycles. The van der Waals surface area contributed by atoms with Gasteiger partial charge in [-0.2, -0.15) is 0 Å². The number of ketones is 1. The monoisotopic (exact) mass is 250 g/mol. The van der Waals surface area contributed by atoms with Gasteiger partial charge in [0.2, 0.25) is 0 Å². The number of carbonyl (C=O) groups is 2. The lowest BCUT2D eigenvalue weighted by Crippen LogP contribution is -2.56. The van der Waals surface area contributed by atoms with Crippen LogP contribution in [0.15, 0.2) is 18.6 Å². The highest BCUT2D eigenvalue weighted by Crippen LogP contribution is 2.05. The van der Waals surface area contributed by atoms with Gasteiger partial charge in [0.05, 0.1) is 12.7 Å². The number of carboxylic acid groups (broad SMARTS) is 1. The summed E-state index contributed by atoms with van der Waals surface area (Å²) in [7, 11) is 0. The fourth-order valence-electron chi connectivity index (χ4n) is 1.89. The number of hydrogen-bond donors (Lipinski definition) is 2. The molecule has 1 aromatic rings. The lowest BCUT2D eigenvalue weighted by Gasteiger charge is -2.32. The fraction of sp³-hybridized carbons (Fsp3) is 0.455. The van der Waals surface area contributed by atoms with Gasteiger partial charge in [-0.15, -0.1) is 0 Å². The molecule has 7 heteroatoms. The molecule has 2 N–H and O–H groups in total. The summed E-state index contributed by atoms with van der Waals surface area (Å²) in [5, 5.41) is 12.1. The molecular formula is C11H14N4O3. The normalized spacial score (nSPS) is 20.6. The van der Waals surface area contributed by atoms with E-state index in [1.54, 1.807) is 4.90 Å². The molecule has 1 saturated heterocycles. The molecule has 1 fully saturated rings. The Morgan fingerprint density at radius 1 is 1.50 bits per heavy atom. The second-order valence-electron chi connectivity index (χ2n) is 4.04. The number of nitrogens with one attached hydrogen (secondary N) is 1. The van der Waals surface area contributed by atoms with E-state index >= 15 is 0 Å². The first-order chi connectivity index (χ1) is 8.68. The van der Waals surface area contributed by atoms with Gasteiger partial charge in [-0.25, -0.2) is 4.98 Å². The van der Waals surface area contributed by atoms with Gasteiger partial charge < -0.3 is 10.4 Å². The predicted octanol–water partition coefficient (Wildman–Crippen LogP) is -0.982. The summed E-state index contributed by atoms with van der Waals surface area (Å²) in [4.78, 5) is 32.4. The average Bonchev–Trinajstić information content (AvgIpc) is 2.40. The third-order valence-electron chi connectivity index (χ3n) is 2.83. The van der Waals surface area contributed by atoms with E-state index in [0.717, 1.165) is 0 Å². The second kappa shape index (κ2) is 5.65. The molecule has 0 radical (unpaired) electrons. The van der Waals surface area contributed by atoms with E-state index in [1.807, 2.05) is 0 Å². The van der Waals surface area contributed by atoms with Gasteiger partial charge in [0.15, 0.2) is 5.78 Å². The number of aromatic nitrogens is 2. The molecule has 7 nitrogen and oxygen atoms in total. The summed E-state index contributed by atoms with van der Waals surface area (Å²) in [6.45, 7) is 1.61. The third-order valence-corrected chi connectivity index (χ3v) is 2.83. The Kier molecular flexibility index (Phi) is 3.96. The fourth-order valence-corrected chi connectivity index (χ4v) is 1.89. The zero-order valence-corrected chi connectivity index (χ0v) is 9.74. The van der Waals surface area contributed by atoms with E-state index < -0.39 is 12.0 Å². The molecule has 1 atom stereocenters. The standard InChI is InChI=1S/C11H14N4O3/c16-10(8-5-12-1-2-14-8)7-15-4-3-13-6-9(15)11(17)18/h1-2,5,9,13H,3-4,6-7H2,(H,17,18). The number of nitrogens with zero attached hydrogens (tertiary/aromatic N) is 3. The minimum atomic E-state index is -0.922. The first-order valence-corrected chi connectivity index (χ1v) is 5.65. The van der Waals surface area contributed by atoms with E-state index in [0.29, 0.717) is 19.6 Å². The van der Waals surface area contributed by atoms with E-state index in [-0.39, 0.29) is 18.0 Å². The molecule has 96 valence electrons. The minimum Gasteiger partial charge on any atom is -0.480 e. The molecule has 0 aromatic carbocycles. The van der Waals surface area contributed by atoms with E-state index in [9.17, 15) is 9.59 Å². The number of Topliss-reactive ketones (excluding diaryl/α,β-unsaturated/α-hetero) is 1. The van der Waals surface area contributed by atoms with Crippen molar-refractivity contribution in [2.24, 2.45) is 0 Å². The Morgan fingerprint density at radius 3 is 3.00 bits per heavy atom. The minimum absolute atomic E-state index is 0.0529. The molecule has 0 saturated carbocycles. The number of piperazine rings is 1. The second-order valence-corrected chi connectivity index (χ2v) is 4.04. The summed E-state index contributed by atoms with van der Waals surface area (Å²) in [6, 6.07) is -0.667. The Bertz CT molecular complexity index is 437. The summed E-state index contributed by atoms with van der Waals surface area (Å²) >= 11 is 0. The molecule has 2 heterocycles. The van der Waals surface area contributed by atoms with Crippen LogP contribution in [-0.4, -0.2) is 63.9 Å². The summed E-state index contributed by atoms with van der Waals surface area (Å²) < 4.78 is 0. The van der Waals surface area contributed by atoms with Crippen molar-refractivity contribution < 1.29 is 14.7 Å². The van der Waals surface area contributed by atoms with Crippen LogP contribution in [0.3, 0.4) is 0 Å². The predicted molar refractivity (Wildman–Crippen MR) is 62.2 cm³/mol. The number of rotatable bonds is 4. The van der Waals surface area contributed by atoms with Crippen LogP contribution in [-0.2, 0) is 4.79 Å². The van der Waals surface area contributed by atoms with Crippen molar-refractivity contribution in [3.05, 3.63) is 24.3 Å². The Hall–Kier alpha value is -1.86. The van der Waals surface area contributed by atoms with Crippen LogP contribution in [0.5, 0.6) is 0 Å². The van der Waals surface area contributed by atoms with Gasteiger partial charge in [0.1, 0.15) is 11.7 Å². The van der Waals surface area contributed by atoms with Crippen LogP contribution in [0, 0.1) is 0 Å². The largest absolute Gasteiger partial charge is 0.480 e. The van der Waals surface area contributed by atoms with Crippen molar-refractivity contribution in [3.8, 4) is 0 Å². The van der Waals surface area contributed by atoms with Crippen molar-refractivity contribution in [1.82, 2.24) is 20.2 Å². The number of hydrogen-bond acceptors (Lipinski definition) is 6. The molecule has 18 heavy (non-hydrogen) atoms. The number of carbonyl (C=O) groups excluding carboxylic acids is 1. The maximum absolute atomic E-state index is 11.9. The van der Waals surface area contributed by atoms with Gasteiger partial charge in [-0.3, -0.25) is 19.5 Å². The van der Waals surface area contributed by atoms with Crippen molar-refractivity contribution >= 4 is 11.8 Å². The molecule has 0 aliphatic carbocycles. The highest BCUT2D eigenvalue weighted by Gasteiger charge is 2.29. The zero-order chi connectivity index (χ0) is 13.0. The van der Waals surface area contributed by atoms with Crippen LogP contribution >= 0.6 is 0 Å². The summed E-state index contributed by atoms with van der Waals surface area (Å²) in [5.74, 6) is -1.13. The molecule has 1 aromatic heterocycles. The number of carboxylic acids is 1. The van der Waals surface area contributed by atoms with Crippen molar-refractivity contribution in [2.45, 2.75) is 6.04 Å². The van der Waals surface area contributed by atoms with Crippen LogP contribution in [0.1, 0.15) is 10.5 Å². The van der Waals surface area contributed by atoms with Crippen LogP contribution < -0.4 is 5.32 Å². The summed E-state index contributed by atoms with van der Waals surface area (Å²) in [5.41, 5.74) is 0.264. The first-order valence-electron chi connectivity index (χ1n) is 5.65.